The molecule has 0 radical (unpaired) electrons. The number of hydrogen-bond donors (Lipinski definition) is 2. The van der Waals surface area contributed by atoms with Crippen LogP contribution < -0.4 is 10.6 Å². The Morgan fingerprint density at radius 2 is 1.69 bits per heavy atom. The first kappa shape index (κ1) is 18.6. The second kappa shape index (κ2) is 10.1. The number of rotatable bonds is 8. The van der Waals surface area contributed by atoms with Crippen LogP contribution in [0.25, 0.3) is 0 Å². The SMILES string of the molecule is O=C(NCCCN1CCNCC1)c1ccccc1CCc1ccccc1. The van der Waals surface area contributed by atoms with Crippen LogP contribution in [0.2, 0.25) is 0 Å². The van der Waals surface area contributed by atoms with Gasteiger partial charge in [0.2, 0.25) is 0 Å². The van der Waals surface area contributed by atoms with E-state index in [2.05, 4.69) is 45.9 Å². The van der Waals surface area contributed by atoms with E-state index in [4.69, 9.17) is 0 Å². The number of amides is 1. The number of benzene rings is 2. The van der Waals surface area contributed by atoms with Gasteiger partial charge >= 0.3 is 0 Å². The molecular formula is C22H29N3O. The van der Waals surface area contributed by atoms with E-state index >= 15 is 0 Å². The highest BCUT2D eigenvalue weighted by molar-refractivity contribution is 5.95. The van der Waals surface area contributed by atoms with Crippen molar-refractivity contribution in [3.8, 4) is 0 Å². The summed E-state index contributed by atoms with van der Waals surface area (Å²) in [5.74, 6) is 0.0500. The van der Waals surface area contributed by atoms with Crippen molar-refractivity contribution in [3.05, 3.63) is 71.3 Å². The Kier molecular flexibility index (Phi) is 7.23. The van der Waals surface area contributed by atoms with Crippen LogP contribution >= 0.6 is 0 Å². The molecule has 1 heterocycles. The predicted octanol–water partition coefficient (Wildman–Crippen LogP) is 2.50. The Hall–Kier alpha value is -2.17. The summed E-state index contributed by atoms with van der Waals surface area (Å²) in [5.41, 5.74) is 3.24. The molecule has 4 heteroatoms. The minimum Gasteiger partial charge on any atom is -0.352 e. The molecule has 1 saturated heterocycles. The topological polar surface area (TPSA) is 44.4 Å². The first-order valence-electron chi connectivity index (χ1n) is 9.66. The minimum atomic E-state index is 0.0500. The van der Waals surface area contributed by atoms with Crippen molar-refractivity contribution in [3.63, 3.8) is 0 Å². The van der Waals surface area contributed by atoms with E-state index in [0.717, 1.165) is 69.7 Å². The molecule has 4 nitrogen and oxygen atoms in total. The average Bonchev–Trinajstić information content (AvgIpc) is 2.71. The van der Waals surface area contributed by atoms with E-state index in [0.29, 0.717) is 0 Å². The van der Waals surface area contributed by atoms with Crippen molar-refractivity contribution in [2.75, 3.05) is 39.3 Å². The van der Waals surface area contributed by atoms with Gasteiger partial charge in [0.1, 0.15) is 0 Å². The summed E-state index contributed by atoms with van der Waals surface area (Å²) in [6, 6.07) is 18.4. The number of nitrogens with zero attached hydrogens (tertiary/aromatic N) is 1. The zero-order valence-corrected chi connectivity index (χ0v) is 15.4. The number of hydrogen-bond acceptors (Lipinski definition) is 3. The summed E-state index contributed by atoms with van der Waals surface area (Å²) in [4.78, 5) is 15.0. The van der Waals surface area contributed by atoms with Crippen molar-refractivity contribution in [1.29, 1.82) is 0 Å². The largest absolute Gasteiger partial charge is 0.352 e. The van der Waals surface area contributed by atoms with Crippen molar-refractivity contribution < 1.29 is 4.79 Å². The van der Waals surface area contributed by atoms with E-state index in [9.17, 15) is 4.79 Å². The molecule has 0 bridgehead atoms. The van der Waals surface area contributed by atoms with Crippen LogP contribution in [0, 0.1) is 0 Å². The number of nitrogens with one attached hydrogen (secondary N) is 2. The standard InChI is InChI=1S/C22H29N3O/c26-22(24-13-6-16-25-17-14-23-15-18-25)21-10-5-4-9-20(21)12-11-19-7-2-1-3-8-19/h1-5,7-10,23H,6,11-18H2,(H,24,26). The van der Waals surface area contributed by atoms with Gasteiger partial charge in [-0.15, -0.1) is 0 Å². The van der Waals surface area contributed by atoms with Gasteiger partial charge in [-0.2, -0.15) is 0 Å². The van der Waals surface area contributed by atoms with E-state index in [1.165, 1.54) is 5.56 Å². The van der Waals surface area contributed by atoms with Gasteiger partial charge in [-0.05, 0) is 43.0 Å². The molecule has 0 aliphatic carbocycles. The van der Waals surface area contributed by atoms with Crippen LogP contribution in [0.4, 0.5) is 0 Å². The monoisotopic (exact) mass is 351 g/mol. The van der Waals surface area contributed by atoms with Gasteiger partial charge < -0.3 is 15.5 Å². The summed E-state index contributed by atoms with van der Waals surface area (Å²) >= 11 is 0. The highest BCUT2D eigenvalue weighted by Gasteiger charge is 2.12. The molecule has 138 valence electrons. The number of carbonyl (C=O) groups is 1. The summed E-state index contributed by atoms with van der Waals surface area (Å²) in [6.07, 6.45) is 2.83. The van der Waals surface area contributed by atoms with Crippen LogP contribution in [0.5, 0.6) is 0 Å². The predicted molar refractivity (Wildman–Crippen MR) is 107 cm³/mol. The second-order valence-corrected chi connectivity index (χ2v) is 6.84. The third-order valence-corrected chi connectivity index (χ3v) is 4.93. The molecule has 3 rings (SSSR count). The molecule has 26 heavy (non-hydrogen) atoms. The fourth-order valence-corrected chi connectivity index (χ4v) is 3.42. The Morgan fingerprint density at radius 3 is 2.50 bits per heavy atom. The summed E-state index contributed by atoms with van der Waals surface area (Å²) in [5, 5.41) is 6.46. The summed E-state index contributed by atoms with van der Waals surface area (Å²) in [6.45, 7) is 6.14. The number of aryl methyl sites for hydroxylation is 2. The molecule has 0 atom stereocenters. The van der Waals surface area contributed by atoms with Crippen LogP contribution in [-0.2, 0) is 12.8 Å². The molecular weight excluding hydrogens is 322 g/mol. The second-order valence-electron chi connectivity index (χ2n) is 6.84. The van der Waals surface area contributed by atoms with Gasteiger partial charge in [0.15, 0.2) is 0 Å². The maximum Gasteiger partial charge on any atom is 0.251 e. The first-order chi connectivity index (χ1) is 12.8. The van der Waals surface area contributed by atoms with Crippen molar-refractivity contribution in [2.24, 2.45) is 0 Å². The minimum absolute atomic E-state index is 0.0500. The van der Waals surface area contributed by atoms with Crippen LogP contribution in [0.15, 0.2) is 54.6 Å². The van der Waals surface area contributed by atoms with Crippen molar-refractivity contribution >= 4 is 5.91 Å². The fourth-order valence-electron chi connectivity index (χ4n) is 3.42. The van der Waals surface area contributed by atoms with Gasteiger partial charge in [0.25, 0.3) is 5.91 Å². The molecule has 0 saturated carbocycles. The van der Waals surface area contributed by atoms with Gasteiger partial charge in [-0.1, -0.05) is 48.5 Å². The average molecular weight is 351 g/mol. The smallest absolute Gasteiger partial charge is 0.251 e. The first-order valence-corrected chi connectivity index (χ1v) is 9.66. The third kappa shape index (κ3) is 5.68. The van der Waals surface area contributed by atoms with Crippen LogP contribution in [0.1, 0.15) is 27.9 Å². The molecule has 1 aliphatic rings. The molecule has 0 unspecified atom stereocenters. The lowest BCUT2D eigenvalue weighted by Crippen LogP contribution is -2.44. The summed E-state index contributed by atoms with van der Waals surface area (Å²) < 4.78 is 0. The lowest BCUT2D eigenvalue weighted by molar-refractivity contribution is 0.0950. The molecule has 1 amide bonds. The molecule has 2 N–H and O–H groups in total. The molecule has 1 aliphatic heterocycles. The Morgan fingerprint density at radius 1 is 0.962 bits per heavy atom. The molecule has 0 aromatic heterocycles. The highest BCUT2D eigenvalue weighted by atomic mass is 16.1. The van der Waals surface area contributed by atoms with Gasteiger partial charge in [-0.25, -0.2) is 0 Å². The van der Waals surface area contributed by atoms with Crippen molar-refractivity contribution in [2.45, 2.75) is 19.3 Å². The number of carbonyl (C=O) groups excluding carboxylic acids is 1. The zero-order valence-electron chi connectivity index (χ0n) is 15.4. The van der Waals surface area contributed by atoms with Crippen LogP contribution in [0.3, 0.4) is 0 Å². The van der Waals surface area contributed by atoms with E-state index in [1.807, 2.05) is 24.3 Å². The van der Waals surface area contributed by atoms with Gasteiger partial charge in [0, 0.05) is 38.3 Å². The molecule has 0 spiro atoms. The lowest BCUT2D eigenvalue weighted by Gasteiger charge is -2.27. The van der Waals surface area contributed by atoms with E-state index in [1.54, 1.807) is 0 Å². The number of piperazine rings is 1. The highest BCUT2D eigenvalue weighted by Crippen LogP contribution is 2.13. The van der Waals surface area contributed by atoms with Crippen molar-refractivity contribution in [1.82, 2.24) is 15.5 Å². The Balaban J connectivity index is 1.47. The van der Waals surface area contributed by atoms with Crippen LogP contribution in [-0.4, -0.2) is 50.1 Å². The quantitative estimate of drug-likeness (QED) is 0.718. The maximum atomic E-state index is 12.6. The molecule has 2 aromatic carbocycles. The molecule has 1 fully saturated rings. The fraction of sp³-hybridized carbons (Fsp3) is 0.409. The third-order valence-electron chi connectivity index (χ3n) is 4.93. The van der Waals surface area contributed by atoms with Gasteiger partial charge in [0.05, 0.1) is 0 Å². The van der Waals surface area contributed by atoms with E-state index in [-0.39, 0.29) is 5.91 Å². The van der Waals surface area contributed by atoms with E-state index < -0.39 is 0 Å². The Bertz CT molecular complexity index is 681. The molecule has 2 aromatic rings. The zero-order chi connectivity index (χ0) is 18.0. The summed E-state index contributed by atoms with van der Waals surface area (Å²) in [7, 11) is 0. The maximum absolute atomic E-state index is 12.6. The Labute approximate surface area is 156 Å². The lowest BCUT2D eigenvalue weighted by atomic mass is 9.99. The van der Waals surface area contributed by atoms with Gasteiger partial charge in [-0.3, -0.25) is 4.79 Å². The normalized spacial score (nSPS) is 14.9.